The van der Waals surface area contributed by atoms with Crippen molar-refractivity contribution in [1.82, 2.24) is 9.78 Å². The molecule has 32 heavy (non-hydrogen) atoms. The van der Waals surface area contributed by atoms with Crippen molar-refractivity contribution >= 4 is 22.9 Å². The van der Waals surface area contributed by atoms with Gasteiger partial charge in [0.1, 0.15) is 0 Å². The van der Waals surface area contributed by atoms with Crippen LogP contribution in [-0.4, -0.2) is 18.5 Å². The molecule has 1 aromatic heterocycles. The monoisotopic (exact) mass is 478 g/mol. The number of benzene rings is 3. The first kappa shape index (κ1) is 23.7. The zero-order valence-electron chi connectivity index (χ0n) is 16.3. The summed E-state index contributed by atoms with van der Waals surface area (Å²) in [6.45, 7) is 0. The average molecular weight is 479 g/mol. The molecule has 4 aromatic rings. The van der Waals surface area contributed by atoms with Crippen LogP contribution in [0.5, 0.6) is 0 Å². The van der Waals surface area contributed by atoms with Crippen molar-refractivity contribution in [3.63, 3.8) is 0 Å². The Bertz CT molecular complexity index is 1190. The van der Waals surface area contributed by atoms with Gasteiger partial charge in [0, 0.05) is 21.9 Å². The number of para-hydroxylation sites is 1. The smallest absolute Gasteiger partial charge is 0.435 e. The van der Waals surface area contributed by atoms with Crippen molar-refractivity contribution in [2.24, 2.45) is 5.14 Å². The molecule has 0 fully saturated rings. The first-order valence-corrected chi connectivity index (χ1v) is 10.6. The summed E-state index contributed by atoms with van der Waals surface area (Å²) in [7, 11) is 0. The van der Waals surface area contributed by atoms with E-state index in [4.69, 9.17) is 20.4 Å². The first-order chi connectivity index (χ1) is 15.1. The normalized spacial score (nSPS) is 12.1. The lowest BCUT2D eigenvalue weighted by molar-refractivity contribution is -0.141. The molecule has 166 valence electrons. The van der Waals surface area contributed by atoms with Crippen molar-refractivity contribution in [3.8, 4) is 28.1 Å². The van der Waals surface area contributed by atoms with Crippen LogP contribution in [0.3, 0.4) is 0 Å². The summed E-state index contributed by atoms with van der Waals surface area (Å²) in [4.78, 5) is 0. The van der Waals surface area contributed by atoms with E-state index in [1.807, 2.05) is 24.3 Å². The molecule has 4 rings (SSSR count). The molecule has 2 N–H and O–H groups in total. The fourth-order valence-corrected chi connectivity index (χ4v) is 3.09. The van der Waals surface area contributed by atoms with Crippen molar-refractivity contribution < 1.29 is 21.9 Å². The van der Waals surface area contributed by atoms with E-state index in [1.165, 1.54) is 4.68 Å². The largest absolute Gasteiger partial charge is 0.760 e. The molecule has 0 radical (unpaired) electrons. The van der Waals surface area contributed by atoms with Gasteiger partial charge in [-0.15, -0.1) is 0 Å². The van der Waals surface area contributed by atoms with E-state index in [2.05, 4.69) is 10.2 Å². The van der Waals surface area contributed by atoms with Crippen LogP contribution in [0.15, 0.2) is 84.9 Å². The SMILES string of the molecule is FC(F)(F)c1cc(-c2ccc(-c3ccc(Cl)cc3)cc2)n(-c2ccccc2)n1.NS(=O)[O-]. The van der Waals surface area contributed by atoms with E-state index in [0.717, 1.165) is 17.2 Å². The predicted octanol–water partition coefficient (Wildman–Crippen LogP) is 5.62. The number of nitrogens with zero attached hydrogens (tertiary/aromatic N) is 2. The average Bonchev–Trinajstić information content (AvgIpc) is 3.21. The Hall–Kier alpha value is -2.98. The molecule has 1 heterocycles. The second-order valence-corrected chi connectivity index (χ2v) is 7.46. The molecule has 0 saturated heterocycles. The zero-order chi connectivity index (χ0) is 23.3. The summed E-state index contributed by atoms with van der Waals surface area (Å²) >= 11 is 3.56. The van der Waals surface area contributed by atoms with E-state index in [9.17, 15) is 13.2 Å². The Morgan fingerprint density at radius 1 is 0.875 bits per heavy atom. The number of halogens is 4. The number of alkyl halides is 3. The lowest BCUT2D eigenvalue weighted by atomic mass is 10.0. The molecule has 0 spiro atoms. The van der Waals surface area contributed by atoms with E-state index in [1.54, 1.807) is 54.6 Å². The summed E-state index contributed by atoms with van der Waals surface area (Å²) < 4.78 is 58.6. The second-order valence-electron chi connectivity index (χ2n) is 6.50. The highest BCUT2D eigenvalue weighted by atomic mass is 35.5. The van der Waals surface area contributed by atoms with Gasteiger partial charge in [0.15, 0.2) is 5.69 Å². The molecule has 0 amide bonds. The molecule has 0 aliphatic rings. The van der Waals surface area contributed by atoms with Crippen LogP contribution in [0.1, 0.15) is 5.69 Å². The topological polar surface area (TPSA) is 84.0 Å². The van der Waals surface area contributed by atoms with Gasteiger partial charge in [0.2, 0.25) is 0 Å². The third-order valence-electron chi connectivity index (χ3n) is 4.36. The van der Waals surface area contributed by atoms with E-state index in [0.29, 0.717) is 22.0 Å². The maximum Gasteiger partial charge on any atom is 0.435 e. The van der Waals surface area contributed by atoms with Crippen LogP contribution >= 0.6 is 11.6 Å². The van der Waals surface area contributed by atoms with Crippen LogP contribution in [0.2, 0.25) is 5.02 Å². The molecule has 1 atom stereocenters. The van der Waals surface area contributed by atoms with Crippen molar-refractivity contribution in [2.45, 2.75) is 6.18 Å². The van der Waals surface area contributed by atoms with E-state index < -0.39 is 23.1 Å². The molecule has 5 nitrogen and oxygen atoms in total. The van der Waals surface area contributed by atoms with Crippen molar-refractivity contribution in [1.29, 1.82) is 0 Å². The van der Waals surface area contributed by atoms with Gasteiger partial charge in [-0.25, -0.2) is 4.68 Å². The number of rotatable bonds is 3. The number of hydrogen-bond donors (Lipinski definition) is 1. The van der Waals surface area contributed by atoms with E-state index in [-0.39, 0.29) is 0 Å². The minimum absolute atomic E-state index is 0.376. The lowest BCUT2D eigenvalue weighted by Gasteiger charge is -2.09. The fourth-order valence-electron chi connectivity index (χ4n) is 2.97. The van der Waals surface area contributed by atoms with Crippen molar-refractivity contribution in [3.05, 3.63) is 95.6 Å². The number of aromatic nitrogens is 2. The molecule has 1 unspecified atom stereocenters. The molecule has 0 bridgehead atoms. The Morgan fingerprint density at radius 3 is 1.84 bits per heavy atom. The summed E-state index contributed by atoms with van der Waals surface area (Å²) in [5.41, 5.74) is 2.58. The highest BCUT2D eigenvalue weighted by Crippen LogP contribution is 2.34. The second kappa shape index (κ2) is 10.1. The fraction of sp³-hybridized carbons (Fsp3) is 0.0455. The van der Waals surface area contributed by atoms with Gasteiger partial charge in [-0.3, -0.25) is 9.35 Å². The maximum atomic E-state index is 13.2. The predicted molar refractivity (Wildman–Crippen MR) is 118 cm³/mol. The molecule has 3 aromatic carbocycles. The van der Waals surface area contributed by atoms with Crippen LogP contribution in [0.25, 0.3) is 28.1 Å². The minimum Gasteiger partial charge on any atom is -0.760 e. The Morgan fingerprint density at radius 2 is 1.34 bits per heavy atom. The molecule has 0 aliphatic carbocycles. The van der Waals surface area contributed by atoms with E-state index >= 15 is 0 Å². The Kier molecular flexibility index (Phi) is 7.47. The third kappa shape index (κ3) is 6.04. The summed E-state index contributed by atoms with van der Waals surface area (Å²) in [5.74, 6) is 0. The van der Waals surface area contributed by atoms with Gasteiger partial charge in [-0.1, -0.05) is 66.2 Å². The lowest BCUT2D eigenvalue weighted by Crippen LogP contribution is -2.07. The van der Waals surface area contributed by atoms with Gasteiger partial charge < -0.3 is 4.55 Å². The maximum absolute atomic E-state index is 13.2. The molecule has 10 heteroatoms. The number of nitrogens with two attached hydrogens (primary N) is 1. The summed E-state index contributed by atoms with van der Waals surface area (Å²) in [5, 5.41) is 8.47. The highest BCUT2D eigenvalue weighted by molar-refractivity contribution is 7.76. The van der Waals surface area contributed by atoms with Crippen LogP contribution in [0, 0.1) is 0 Å². The van der Waals surface area contributed by atoms with Gasteiger partial charge in [-0.2, -0.15) is 18.3 Å². The van der Waals surface area contributed by atoms with Crippen LogP contribution in [-0.2, 0) is 17.4 Å². The molecule has 0 aliphatic heterocycles. The zero-order valence-corrected chi connectivity index (χ0v) is 17.9. The molecular formula is C22H16ClF3N3O2S-. The third-order valence-corrected chi connectivity index (χ3v) is 4.61. The van der Waals surface area contributed by atoms with Gasteiger partial charge in [0.05, 0.1) is 11.4 Å². The summed E-state index contributed by atoms with van der Waals surface area (Å²) in [6.07, 6.45) is -4.52. The van der Waals surface area contributed by atoms with Crippen LogP contribution in [0.4, 0.5) is 13.2 Å². The van der Waals surface area contributed by atoms with Gasteiger partial charge >= 0.3 is 6.18 Å². The van der Waals surface area contributed by atoms with Gasteiger partial charge in [-0.05, 0) is 41.5 Å². The molecular weight excluding hydrogens is 463 g/mol. The Labute approximate surface area is 189 Å². The number of hydrogen-bond acceptors (Lipinski definition) is 3. The summed E-state index contributed by atoms with van der Waals surface area (Å²) in [6, 6.07) is 24.6. The highest BCUT2D eigenvalue weighted by Gasteiger charge is 2.35. The van der Waals surface area contributed by atoms with Gasteiger partial charge in [0.25, 0.3) is 0 Å². The van der Waals surface area contributed by atoms with Crippen molar-refractivity contribution in [2.75, 3.05) is 0 Å². The van der Waals surface area contributed by atoms with Crippen LogP contribution < -0.4 is 5.14 Å². The quantitative estimate of drug-likeness (QED) is 0.388. The standard InChI is InChI=1S/C22H14ClF3N2.H3NO2S/c23-18-12-10-16(11-13-18)15-6-8-17(9-7-15)20-14-21(22(24,25)26)27-28(20)19-4-2-1-3-5-19;1-4(2)3/h1-14H;1H2,(H,2,3)/p-1. The Balaban J connectivity index is 0.000000668. The minimum atomic E-state index is -4.52. The first-order valence-electron chi connectivity index (χ1n) is 9.08. The molecule has 0 saturated carbocycles.